The molecule has 2 heterocycles. The molecule has 0 saturated heterocycles. The van der Waals surface area contributed by atoms with Crippen molar-refractivity contribution in [1.29, 1.82) is 0 Å². The number of aromatic nitrogens is 2. The fourth-order valence-corrected chi connectivity index (χ4v) is 2.62. The summed E-state index contributed by atoms with van der Waals surface area (Å²) in [5.74, 6) is 0.287. The molecule has 0 fully saturated rings. The van der Waals surface area contributed by atoms with Crippen molar-refractivity contribution in [2.24, 2.45) is 10.2 Å². The topological polar surface area (TPSA) is 68.3 Å². The molecule has 0 aliphatic carbocycles. The van der Waals surface area contributed by atoms with Gasteiger partial charge in [0.1, 0.15) is 11.3 Å². The Morgan fingerprint density at radius 2 is 1.96 bits per heavy atom. The van der Waals surface area contributed by atoms with Crippen LogP contribution in [0.2, 0.25) is 5.02 Å². The average Bonchev–Trinajstić information content (AvgIpc) is 2.97. The van der Waals surface area contributed by atoms with Gasteiger partial charge in [0.05, 0.1) is 23.4 Å². The fraction of sp³-hybridized carbons (Fsp3) is 0.222. The number of rotatable bonds is 4. The summed E-state index contributed by atoms with van der Waals surface area (Å²) in [6.45, 7) is 4.07. The minimum atomic E-state index is -0.459. The van der Waals surface area contributed by atoms with Crippen molar-refractivity contribution >= 4 is 34.7 Å². The zero-order valence-corrected chi connectivity index (χ0v) is 14.9. The van der Waals surface area contributed by atoms with Crippen LogP contribution in [0.4, 0.5) is 11.5 Å². The third-order valence-corrected chi connectivity index (χ3v) is 3.92. The van der Waals surface area contributed by atoms with Gasteiger partial charge in [0.2, 0.25) is 0 Å². The van der Waals surface area contributed by atoms with E-state index in [0.717, 1.165) is 11.3 Å². The SMILES string of the molecule is COC(=O)c1ccccc1N=Nc1c(C(C)C)nc2ccc(Cl)cn12. The Morgan fingerprint density at radius 1 is 1.20 bits per heavy atom. The van der Waals surface area contributed by atoms with E-state index in [-0.39, 0.29) is 5.92 Å². The van der Waals surface area contributed by atoms with Crippen molar-refractivity contribution in [3.05, 3.63) is 58.9 Å². The van der Waals surface area contributed by atoms with E-state index in [1.807, 2.05) is 19.9 Å². The first-order chi connectivity index (χ1) is 12.0. The Hall–Kier alpha value is -2.73. The number of carbonyl (C=O) groups is 1. The number of ether oxygens (including phenoxy) is 1. The molecule has 0 saturated carbocycles. The number of imidazole rings is 1. The van der Waals surface area contributed by atoms with Crippen molar-refractivity contribution in [3.8, 4) is 0 Å². The molecule has 25 heavy (non-hydrogen) atoms. The molecule has 0 spiro atoms. The van der Waals surface area contributed by atoms with Crippen LogP contribution < -0.4 is 0 Å². The van der Waals surface area contributed by atoms with Gasteiger partial charge in [0, 0.05) is 6.20 Å². The van der Waals surface area contributed by atoms with Gasteiger partial charge < -0.3 is 4.74 Å². The van der Waals surface area contributed by atoms with Crippen LogP contribution in [0.5, 0.6) is 0 Å². The molecule has 1 aromatic carbocycles. The maximum absolute atomic E-state index is 11.9. The van der Waals surface area contributed by atoms with Crippen LogP contribution >= 0.6 is 11.6 Å². The quantitative estimate of drug-likeness (QED) is 0.469. The van der Waals surface area contributed by atoms with Crippen molar-refractivity contribution in [1.82, 2.24) is 9.38 Å². The first-order valence-electron chi connectivity index (χ1n) is 7.78. The van der Waals surface area contributed by atoms with E-state index in [9.17, 15) is 4.79 Å². The van der Waals surface area contributed by atoms with Crippen LogP contribution in [-0.4, -0.2) is 22.5 Å². The molecule has 0 aliphatic heterocycles. The molecule has 0 amide bonds. The third-order valence-electron chi connectivity index (χ3n) is 3.69. The summed E-state index contributed by atoms with van der Waals surface area (Å²) in [4.78, 5) is 16.5. The first-order valence-corrected chi connectivity index (χ1v) is 8.15. The molecular weight excluding hydrogens is 340 g/mol. The van der Waals surface area contributed by atoms with Crippen molar-refractivity contribution in [3.63, 3.8) is 0 Å². The molecule has 0 N–H and O–H groups in total. The highest BCUT2D eigenvalue weighted by atomic mass is 35.5. The molecule has 6 nitrogen and oxygen atoms in total. The van der Waals surface area contributed by atoms with Crippen LogP contribution in [0.15, 0.2) is 52.8 Å². The Kier molecular flexibility index (Phi) is 4.81. The molecule has 0 unspecified atom stereocenters. The summed E-state index contributed by atoms with van der Waals surface area (Å²) in [5.41, 5.74) is 2.33. The largest absolute Gasteiger partial charge is 0.465 e. The summed E-state index contributed by atoms with van der Waals surface area (Å²) in [6.07, 6.45) is 1.75. The highest BCUT2D eigenvalue weighted by molar-refractivity contribution is 6.30. The molecule has 0 radical (unpaired) electrons. The predicted molar refractivity (Wildman–Crippen MR) is 96.2 cm³/mol. The smallest absolute Gasteiger partial charge is 0.340 e. The number of hydrogen-bond acceptors (Lipinski definition) is 5. The molecular formula is C18H17ClN4O2. The molecule has 0 atom stereocenters. The van der Waals surface area contributed by atoms with Gasteiger partial charge >= 0.3 is 5.97 Å². The highest BCUT2D eigenvalue weighted by Crippen LogP contribution is 2.31. The number of carbonyl (C=O) groups excluding carboxylic acids is 1. The van der Waals surface area contributed by atoms with Crippen molar-refractivity contribution < 1.29 is 9.53 Å². The second-order valence-electron chi connectivity index (χ2n) is 5.76. The first kappa shape index (κ1) is 17.1. The van der Waals surface area contributed by atoms with Crippen LogP contribution in [0.1, 0.15) is 35.8 Å². The number of fused-ring (bicyclic) bond motifs is 1. The van der Waals surface area contributed by atoms with Crippen LogP contribution in [0.3, 0.4) is 0 Å². The number of esters is 1. The molecule has 128 valence electrons. The molecule has 0 aliphatic rings. The molecule has 3 rings (SSSR count). The van der Waals surface area contributed by atoms with Gasteiger partial charge in [-0.15, -0.1) is 10.2 Å². The lowest BCUT2D eigenvalue weighted by molar-refractivity contribution is 0.0601. The number of pyridine rings is 1. The molecule has 7 heteroatoms. The number of benzene rings is 1. The maximum atomic E-state index is 11.9. The third kappa shape index (κ3) is 3.39. The summed E-state index contributed by atoms with van der Waals surface area (Å²) in [6, 6.07) is 10.5. The van der Waals surface area contributed by atoms with Crippen LogP contribution in [0.25, 0.3) is 5.65 Å². The number of hydrogen-bond donors (Lipinski definition) is 0. The van der Waals surface area contributed by atoms with Crippen LogP contribution in [0, 0.1) is 0 Å². The Labute approximate surface area is 150 Å². The lowest BCUT2D eigenvalue weighted by Gasteiger charge is -2.04. The molecule has 0 bridgehead atoms. The predicted octanol–water partition coefficient (Wildman–Crippen LogP) is 5.31. The molecule has 3 aromatic rings. The van der Waals surface area contributed by atoms with Crippen molar-refractivity contribution in [2.75, 3.05) is 7.11 Å². The van der Waals surface area contributed by atoms with E-state index in [1.165, 1.54) is 7.11 Å². The average molecular weight is 357 g/mol. The van der Waals surface area contributed by atoms with Crippen LogP contribution in [-0.2, 0) is 4.74 Å². The lowest BCUT2D eigenvalue weighted by atomic mass is 10.1. The zero-order chi connectivity index (χ0) is 18.0. The van der Waals surface area contributed by atoms with E-state index < -0.39 is 5.97 Å². The minimum absolute atomic E-state index is 0.156. The van der Waals surface area contributed by atoms with Gasteiger partial charge in [-0.1, -0.05) is 37.6 Å². The van der Waals surface area contributed by atoms with E-state index in [0.29, 0.717) is 22.1 Å². The Balaban J connectivity index is 2.12. The Morgan fingerprint density at radius 3 is 2.68 bits per heavy atom. The second kappa shape index (κ2) is 7.03. The number of azo groups is 1. The van der Waals surface area contributed by atoms with E-state index in [4.69, 9.17) is 16.3 Å². The summed E-state index contributed by atoms with van der Waals surface area (Å²) >= 11 is 6.10. The Bertz CT molecular complexity index is 963. The van der Waals surface area contributed by atoms with Gasteiger partial charge in [-0.05, 0) is 30.2 Å². The monoisotopic (exact) mass is 356 g/mol. The zero-order valence-electron chi connectivity index (χ0n) is 14.1. The molecule has 2 aromatic heterocycles. The summed E-state index contributed by atoms with van der Waals surface area (Å²) < 4.78 is 6.58. The lowest BCUT2D eigenvalue weighted by Crippen LogP contribution is -2.00. The minimum Gasteiger partial charge on any atom is -0.465 e. The fourth-order valence-electron chi connectivity index (χ4n) is 2.46. The second-order valence-corrected chi connectivity index (χ2v) is 6.20. The van der Waals surface area contributed by atoms with E-state index in [1.54, 1.807) is 40.9 Å². The van der Waals surface area contributed by atoms with Crippen molar-refractivity contribution in [2.45, 2.75) is 19.8 Å². The van der Waals surface area contributed by atoms with Gasteiger partial charge in [0.15, 0.2) is 5.82 Å². The van der Waals surface area contributed by atoms with Gasteiger partial charge in [-0.2, -0.15) is 0 Å². The summed E-state index contributed by atoms with van der Waals surface area (Å²) in [5, 5.41) is 9.20. The van der Waals surface area contributed by atoms with E-state index in [2.05, 4.69) is 15.2 Å². The van der Waals surface area contributed by atoms with E-state index >= 15 is 0 Å². The number of methoxy groups -OCH3 is 1. The standard InChI is InChI=1S/C18H17ClN4O2/c1-11(2)16-17(23-10-12(19)8-9-15(23)20-16)22-21-14-7-5-4-6-13(14)18(24)25-3/h4-11H,1-3H3. The van der Waals surface area contributed by atoms with Gasteiger partial charge in [-0.3, -0.25) is 4.40 Å². The maximum Gasteiger partial charge on any atom is 0.340 e. The summed E-state index contributed by atoms with van der Waals surface area (Å²) in [7, 11) is 1.33. The van der Waals surface area contributed by atoms with Gasteiger partial charge in [-0.25, -0.2) is 9.78 Å². The van der Waals surface area contributed by atoms with Gasteiger partial charge in [0.25, 0.3) is 0 Å². The highest BCUT2D eigenvalue weighted by Gasteiger charge is 2.16. The number of halogens is 1. The number of nitrogens with zero attached hydrogens (tertiary/aromatic N) is 4. The normalized spacial score (nSPS) is 11.6.